The molecule has 1 saturated carbocycles. The zero-order valence-electron chi connectivity index (χ0n) is 21.0. The first-order chi connectivity index (χ1) is 18.0. The maximum Gasteiger partial charge on any atom is 0.260 e. The van der Waals surface area contributed by atoms with Crippen molar-refractivity contribution in [2.45, 2.75) is 57.0 Å². The second-order valence-corrected chi connectivity index (χ2v) is 11.5. The number of nitrogens with zero attached hydrogens (tertiary/aromatic N) is 1. The SMILES string of the molecule is Cc1cccc(CN2C(=O)/C(=C\c3ccc(C(=O)NCc4ccccc4Cl)cc3)SC3CCCCC32)c1. The Morgan fingerprint density at radius 3 is 2.62 bits per heavy atom. The van der Waals surface area contributed by atoms with Crippen LogP contribution in [0.4, 0.5) is 0 Å². The van der Waals surface area contributed by atoms with Crippen LogP contribution in [0.5, 0.6) is 0 Å². The number of aryl methyl sites for hydroxylation is 1. The highest BCUT2D eigenvalue weighted by Crippen LogP contribution is 2.42. The van der Waals surface area contributed by atoms with Crippen LogP contribution in [0.25, 0.3) is 6.08 Å². The summed E-state index contributed by atoms with van der Waals surface area (Å²) in [6, 6.07) is 23.6. The highest BCUT2D eigenvalue weighted by Gasteiger charge is 2.40. The molecule has 4 nitrogen and oxygen atoms in total. The van der Waals surface area contributed by atoms with E-state index < -0.39 is 0 Å². The van der Waals surface area contributed by atoms with E-state index in [0.717, 1.165) is 28.9 Å². The molecule has 1 aliphatic heterocycles. The van der Waals surface area contributed by atoms with Gasteiger partial charge >= 0.3 is 0 Å². The van der Waals surface area contributed by atoms with Crippen LogP contribution in [0.2, 0.25) is 5.02 Å². The number of hydrogen-bond acceptors (Lipinski definition) is 3. The van der Waals surface area contributed by atoms with Crippen LogP contribution in [0.1, 0.15) is 58.3 Å². The van der Waals surface area contributed by atoms with Crippen LogP contribution in [0.15, 0.2) is 77.7 Å². The lowest BCUT2D eigenvalue weighted by molar-refractivity contribution is -0.130. The van der Waals surface area contributed by atoms with Gasteiger partial charge in [-0.25, -0.2) is 0 Å². The number of nitrogens with one attached hydrogen (secondary N) is 1. The van der Waals surface area contributed by atoms with Crippen LogP contribution >= 0.6 is 23.4 Å². The zero-order chi connectivity index (χ0) is 25.8. The number of carbonyl (C=O) groups is 2. The molecule has 2 amide bonds. The van der Waals surface area contributed by atoms with Gasteiger partial charge < -0.3 is 10.2 Å². The van der Waals surface area contributed by atoms with Crippen molar-refractivity contribution in [2.24, 2.45) is 0 Å². The summed E-state index contributed by atoms with van der Waals surface area (Å²) in [4.78, 5) is 29.2. The van der Waals surface area contributed by atoms with E-state index in [1.165, 1.54) is 24.0 Å². The topological polar surface area (TPSA) is 49.4 Å². The van der Waals surface area contributed by atoms with E-state index >= 15 is 0 Å². The Hall–Kier alpha value is -3.02. The minimum atomic E-state index is -0.156. The number of fused-ring (bicyclic) bond motifs is 1. The summed E-state index contributed by atoms with van der Waals surface area (Å²) in [5.74, 6) is -0.0483. The van der Waals surface area contributed by atoms with Crippen molar-refractivity contribution in [2.75, 3.05) is 0 Å². The predicted molar refractivity (Wildman–Crippen MR) is 152 cm³/mol. The summed E-state index contributed by atoms with van der Waals surface area (Å²) in [6.07, 6.45) is 6.58. The van der Waals surface area contributed by atoms with Gasteiger partial charge in [-0.1, -0.05) is 84.6 Å². The van der Waals surface area contributed by atoms with Crippen molar-refractivity contribution < 1.29 is 9.59 Å². The lowest BCUT2D eigenvalue weighted by Crippen LogP contribution is -2.50. The Bertz CT molecular complexity index is 1320. The van der Waals surface area contributed by atoms with E-state index in [2.05, 4.69) is 41.4 Å². The summed E-state index contributed by atoms with van der Waals surface area (Å²) in [5, 5.41) is 3.99. The monoisotopic (exact) mass is 530 g/mol. The van der Waals surface area contributed by atoms with Crippen LogP contribution in [-0.2, 0) is 17.9 Å². The molecule has 0 aromatic heterocycles. The summed E-state index contributed by atoms with van der Waals surface area (Å²) in [7, 11) is 0. The molecule has 0 bridgehead atoms. The van der Waals surface area contributed by atoms with Gasteiger partial charge in [0.15, 0.2) is 0 Å². The first-order valence-electron chi connectivity index (χ1n) is 12.8. The second-order valence-electron chi connectivity index (χ2n) is 9.83. The fraction of sp³-hybridized carbons (Fsp3) is 0.290. The van der Waals surface area contributed by atoms with Crippen molar-refractivity contribution in [1.29, 1.82) is 0 Å². The van der Waals surface area contributed by atoms with Gasteiger partial charge in [0.25, 0.3) is 11.8 Å². The highest BCUT2D eigenvalue weighted by molar-refractivity contribution is 8.04. The third kappa shape index (κ3) is 6.11. The molecular weight excluding hydrogens is 500 g/mol. The average Bonchev–Trinajstić information content (AvgIpc) is 2.91. The molecular formula is C31H31ClN2O2S. The molecule has 1 N–H and O–H groups in total. The molecule has 2 unspecified atom stereocenters. The molecule has 6 heteroatoms. The average molecular weight is 531 g/mol. The smallest absolute Gasteiger partial charge is 0.260 e. The van der Waals surface area contributed by atoms with E-state index in [1.807, 2.05) is 42.5 Å². The number of benzene rings is 3. The number of amides is 2. The van der Waals surface area contributed by atoms with E-state index in [1.54, 1.807) is 23.9 Å². The Balaban J connectivity index is 1.31. The fourth-order valence-electron chi connectivity index (χ4n) is 5.17. The molecule has 5 rings (SSSR count). The maximum atomic E-state index is 13.7. The molecule has 37 heavy (non-hydrogen) atoms. The van der Waals surface area contributed by atoms with Gasteiger partial charge in [0.2, 0.25) is 0 Å². The quantitative estimate of drug-likeness (QED) is 0.349. The van der Waals surface area contributed by atoms with Gasteiger partial charge in [0.05, 0.1) is 4.91 Å². The van der Waals surface area contributed by atoms with Crippen LogP contribution in [0, 0.1) is 6.92 Å². The number of thioether (sulfide) groups is 1. The van der Waals surface area contributed by atoms with Gasteiger partial charge in [-0.15, -0.1) is 11.8 Å². The summed E-state index contributed by atoms with van der Waals surface area (Å²) in [6.45, 7) is 3.10. The normalized spacial score (nSPS) is 20.5. The largest absolute Gasteiger partial charge is 0.348 e. The van der Waals surface area contributed by atoms with E-state index in [9.17, 15) is 9.59 Å². The van der Waals surface area contributed by atoms with E-state index in [4.69, 9.17) is 11.6 Å². The molecule has 2 aliphatic rings. The Morgan fingerprint density at radius 2 is 1.84 bits per heavy atom. The molecule has 1 heterocycles. The van der Waals surface area contributed by atoms with Gasteiger partial charge in [0.1, 0.15) is 0 Å². The summed E-state index contributed by atoms with van der Waals surface area (Å²) in [5.41, 5.74) is 4.76. The third-order valence-electron chi connectivity index (χ3n) is 7.12. The van der Waals surface area contributed by atoms with Crippen LogP contribution < -0.4 is 5.32 Å². The zero-order valence-corrected chi connectivity index (χ0v) is 22.5. The van der Waals surface area contributed by atoms with E-state index in [-0.39, 0.29) is 17.9 Å². The Morgan fingerprint density at radius 1 is 1.05 bits per heavy atom. The lowest BCUT2D eigenvalue weighted by atomic mass is 9.92. The first-order valence-corrected chi connectivity index (χ1v) is 14.1. The first kappa shape index (κ1) is 25.6. The standard InChI is InChI=1S/C31H31ClN2O2S/c1-21-7-6-8-23(17-21)20-34-27-11-4-5-12-28(27)37-29(31(34)36)18-22-13-15-24(16-14-22)30(35)33-19-25-9-2-3-10-26(25)32/h2-3,6-10,13-18,27-28H,4-5,11-12,19-20H2,1H3,(H,33,35)/b29-18+. The van der Waals surface area contributed by atoms with Crippen LogP contribution in [0.3, 0.4) is 0 Å². The van der Waals surface area contributed by atoms with E-state index in [0.29, 0.717) is 28.9 Å². The Kier molecular flexibility index (Phi) is 8.02. The Labute approximate surface area is 228 Å². The van der Waals surface area contributed by atoms with Crippen molar-refractivity contribution in [3.05, 3.63) is 111 Å². The van der Waals surface area contributed by atoms with Gasteiger partial charge in [-0.2, -0.15) is 0 Å². The van der Waals surface area contributed by atoms with Gasteiger partial charge in [-0.3, -0.25) is 9.59 Å². The molecule has 0 spiro atoms. The van der Waals surface area contributed by atoms with Gasteiger partial charge in [0, 0.05) is 35.0 Å². The molecule has 190 valence electrons. The third-order valence-corrected chi connectivity index (χ3v) is 8.89. The maximum absolute atomic E-state index is 13.7. The minimum Gasteiger partial charge on any atom is -0.348 e. The molecule has 2 fully saturated rings. The molecule has 3 aromatic carbocycles. The number of carbonyl (C=O) groups excluding carboxylic acids is 2. The molecule has 2 atom stereocenters. The predicted octanol–water partition coefficient (Wildman–Crippen LogP) is 7.01. The van der Waals surface area contributed by atoms with Gasteiger partial charge in [-0.05, 0) is 60.7 Å². The van der Waals surface area contributed by atoms with Crippen molar-refractivity contribution >= 4 is 41.3 Å². The number of rotatable bonds is 6. The molecule has 3 aromatic rings. The molecule has 1 aliphatic carbocycles. The van der Waals surface area contributed by atoms with Crippen LogP contribution in [-0.4, -0.2) is 28.0 Å². The highest BCUT2D eigenvalue weighted by atomic mass is 35.5. The number of hydrogen-bond donors (Lipinski definition) is 1. The summed E-state index contributed by atoms with van der Waals surface area (Å²) >= 11 is 7.92. The fourth-order valence-corrected chi connectivity index (χ4v) is 6.85. The minimum absolute atomic E-state index is 0.108. The molecule has 1 saturated heterocycles. The van der Waals surface area contributed by atoms with Crippen molar-refractivity contribution in [3.8, 4) is 0 Å². The molecule has 0 radical (unpaired) electrons. The number of halogens is 1. The van der Waals surface area contributed by atoms with Crippen molar-refractivity contribution in [3.63, 3.8) is 0 Å². The lowest BCUT2D eigenvalue weighted by Gasteiger charge is -2.44. The summed E-state index contributed by atoms with van der Waals surface area (Å²) < 4.78 is 0. The second kappa shape index (κ2) is 11.6. The van der Waals surface area contributed by atoms with Crippen molar-refractivity contribution in [1.82, 2.24) is 10.2 Å².